The second-order valence-corrected chi connectivity index (χ2v) is 8.22. The molecule has 0 unspecified atom stereocenters. The van der Waals surface area contributed by atoms with Gasteiger partial charge >= 0.3 is 5.97 Å². The lowest BCUT2D eigenvalue weighted by Gasteiger charge is -2.10. The molecule has 0 fully saturated rings. The van der Waals surface area contributed by atoms with Crippen LogP contribution >= 0.6 is 0 Å². The van der Waals surface area contributed by atoms with Gasteiger partial charge in [-0.25, -0.2) is 22.7 Å². The van der Waals surface area contributed by atoms with Crippen LogP contribution in [0, 0.1) is 15.9 Å². The molecule has 3 aromatic carbocycles. The smallest absolute Gasteiger partial charge is 0.343 e. The molecule has 0 aliphatic heterocycles. The number of nitro groups is 1. The van der Waals surface area contributed by atoms with Gasteiger partial charge in [0.25, 0.3) is 5.69 Å². The molecule has 0 aliphatic carbocycles. The number of carbonyl (C=O) groups is 1. The third-order valence-corrected chi connectivity index (χ3v) is 5.27. The standard InChI is InChI=1S/C21H17FN4O7S/c1-32-20-10-13(2-9-19(20)33-21(27)14-3-5-15(22)6-4-14)12-24-25-17-8-7-16(34(23,30)31)11-18(17)26(28)29/h2-12,25H,1H3,(H2,23,30,31). The molecule has 34 heavy (non-hydrogen) atoms. The lowest BCUT2D eigenvalue weighted by Crippen LogP contribution is -2.12. The maximum absolute atomic E-state index is 13.0. The van der Waals surface area contributed by atoms with E-state index in [1.807, 2.05) is 0 Å². The van der Waals surface area contributed by atoms with Gasteiger partial charge in [0, 0.05) is 6.07 Å². The van der Waals surface area contributed by atoms with E-state index in [1.165, 1.54) is 37.6 Å². The van der Waals surface area contributed by atoms with Crippen molar-refractivity contribution in [2.75, 3.05) is 12.5 Å². The molecule has 0 amide bonds. The van der Waals surface area contributed by atoms with Gasteiger partial charge in [-0.1, -0.05) is 0 Å². The van der Waals surface area contributed by atoms with Crippen molar-refractivity contribution in [3.63, 3.8) is 0 Å². The van der Waals surface area contributed by atoms with Gasteiger partial charge in [0.05, 0.1) is 28.7 Å². The number of anilines is 1. The van der Waals surface area contributed by atoms with Crippen LogP contribution in [0.1, 0.15) is 15.9 Å². The van der Waals surface area contributed by atoms with Gasteiger partial charge in [-0.05, 0) is 60.2 Å². The van der Waals surface area contributed by atoms with Crippen molar-refractivity contribution in [3.05, 3.63) is 87.7 Å². The van der Waals surface area contributed by atoms with Gasteiger partial charge < -0.3 is 9.47 Å². The first-order chi connectivity index (χ1) is 16.1. The minimum atomic E-state index is -4.12. The summed E-state index contributed by atoms with van der Waals surface area (Å²) in [6, 6.07) is 12.4. The van der Waals surface area contributed by atoms with Crippen LogP contribution < -0.4 is 20.0 Å². The number of esters is 1. The molecule has 3 aromatic rings. The molecule has 0 heterocycles. The van der Waals surface area contributed by atoms with Crippen molar-refractivity contribution in [1.29, 1.82) is 0 Å². The molecule has 0 atom stereocenters. The maximum atomic E-state index is 13.0. The topological polar surface area (TPSA) is 163 Å². The zero-order valence-electron chi connectivity index (χ0n) is 17.5. The van der Waals surface area contributed by atoms with Gasteiger partial charge in [0.15, 0.2) is 11.5 Å². The zero-order valence-corrected chi connectivity index (χ0v) is 18.3. The summed E-state index contributed by atoms with van der Waals surface area (Å²) < 4.78 is 46.4. The van der Waals surface area contributed by atoms with Crippen molar-refractivity contribution in [2.45, 2.75) is 4.90 Å². The Morgan fingerprint density at radius 2 is 1.82 bits per heavy atom. The molecular formula is C21H17FN4O7S. The van der Waals surface area contributed by atoms with Crippen LogP contribution in [0.4, 0.5) is 15.8 Å². The zero-order chi connectivity index (χ0) is 24.9. The van der Waals surface area contributed by atoms with E-state index in [0.717, 1.165) is 30.3 Å². The Bertz CT molecular complexity index is 1380. The summed E-state index contributed by atoms with van der Waals surface area (Å²) in [4.78, 5) is 22.3. The van der Waals surface area contributed by atoms with E-state index < -0.39 is 37.3 Å². The fourth-order valence-corrected chi connectivity index (χ4v) is 3.24. The summed E-state index contributed by atoms with van der Waals surface area (Å²) in [5, 5.41) is 20.2. The van der Waals surface area contributed by atoms with Crippen LogP contribution in [0.15, 0.2) is 70.7 Å². The van der Waals surface area contributed by atoms with Crippen LogP contribution in [-0.4, -0.2) is 32.6 Å². The number of carbonyl (C=O) groups excluding carboxylic acids is 1. The van der Waals surface area contributed by atoms with E-state index in [1.54, 1.807) is 6.07 Å². The first-order valence-corrected chi connectivity index (χ1v) is 10.9. The first kappa shape index (κ1) is 24.3. The molecule has 0 saturated carbocycles. The molecule has 11 nitrogen and oxygen atoms in total. The number of halogens is 1. The number of methoxy groups -OCH3 is 1. The Morgan fingerprint density at radius 1 is 1.12 bits per heavy atom. The Labute approximate surface area is 192 Å². The van der Waals surface area contributed by atoms with Crippen LogP contribution in [-0.2, 0) is 10.0 Å². The molecule has 3 rings (SSSR count). The van der Waals surface area contributed by atoms with Crippen molar-refractivity contribution in [1.82, 2.24) is 0 Å². The number of hydrogen-bond donors (Lipinski definition) is 2. The molecule has 0 aliphatic rings. The predicted molar refractivity (Wildman–Crippen MR) is 120 cm³/mol. The molecular weight excluding hydrogens is 471 g/mol. The third-order valence-electron chi connectivity index (χ3n) is 4.36. The second kappa shape index (κ2) is 10.1. The molecule has 0 spiro atoms. The minimum Gasteiger partial charge on any atom is -0.493 e. The molecule has 0 bridgehead atoms. The maximum Gasteiger partial charge on any atom is 0.343 e. The quantitative estimate of drug-likeness (QED) is 0.161. The highest BCUT2D eigenvalue weighted by atomic mass is 32.2. The Kier molecular flexibility index (Phi) is 7.18. The van der Waals surface area contributed by atoms with E-state index in [0.29, 0.717) is 5.56 Å². The average molecular weight is 488 g/mol. The highest BCUT2D eigenvalue weighted by Crippen LogP contribution is 2.29. The van der Waals surface area contributed by atoms with Crippen LogP contribution in [0.25, 0.3) is 0 Å². The van der Waals surface area contributed by atoms with Gasteiger partial charge in [0.2, 0.25) is 10.0 Å². The second-order valence-electron chi connectivity index (χ2n) is 6.66. The Balaban J connectivity index is 1.76. The number of hydrazone groups is 1. The number of hydrogen-bond acceptors (Lipinski definition) is 9. The van der Waals surface area contributed by atoms with Crippen molar-refractivity contribution < 1.29 is 32.0 Å². The number of sulfonamides is 1. The molecule has 0 aromatic heterocycles. The van der Waals surface area contributed by atoms with Crippen molar-refractivity contribution in [3.8, 4) is 11.5 Å². The fraction of sp³-hybridized carbons (Fsp3) is 0.0476. The lowest BCUT2D eigenvalue weighted by atomic mass is 10.2. The molecule has 0 radical (unpaired) electrons. The number of nitrogens with two attached hydrogens (primary N) is 1. The SMILES string of the molecule is COc1cc(C=NNc2ccc(S(N)(=O)=O)cc2[N+](=O)[O-])ccc1OC(=O)c1ccc(F)cc1. The molecule has 176 valence electrons. The summed E-state index contributed by atoms with van der Waals surface area (Å²) in [6.45, 7) is 0. The van der Waals surface area contributed by atoms with Crippen LogP contribution in [0.3, 0.4) is 0 Å². The number of nitrogens with zero attached hydrogens (tertiary/aromatic N) is 2. The summed E-state index contributed by atoms with van der Waals surface area (Å²) in [6.07, 6.45) is 1.31. The summed E-state index contributed by atoms with van der Waals surface area (Å²) in [7, 11) is -2.76. The number of nitro benzene ring substituents is 1. The van der Waals surface area contributed by atoms with E-state index in [2.05, 4.69) is 10.5 Å². The van der Waals surface area contributed by atoms with E-state index in [-0.39, 0.29) is 22.7 Å². The summed E-state index contributed by atoms with van der Waals surface area (Å²) in [5.74, 6) is -0.896. The van der Waals surface area contributed by atoms with Gasteiger partial charge in [-0.15, -0.1) is 0 Å². The predicted octanol–water partition coefficient (Wildman–Crippen LogP) is 3.06. The van der Waals surface area contributed by atoms with Crippen molar-refractivity contribution >= 4 is 33.6 Å². The summed E-state index contributed by atoms with van der Waals surface area (Å²) >= 11 is 0. The number of nitrogens with one attached hydrogen (secondary N) is 1. The monoisotopic (exact) mass is 488 g/mol. The Hall–Kier alpha value is -4.36. The van der Waals surface area contributed by atoms with Gasteiger partial charge in [-0.3, -0.25) is 15.5 Å². The highest BCUT2D eigenvalue weighted by Gasteiger charge is 2.19. The third kappa shape index (κ3) is 5.90. The van der Waals surface area contributed by atoms with E-state index in [9.17, 15) is 27.7 Å². The molecule has 13 heteroatoms. The van der Waals surface area contributed by atoms with Gasteiger partial charge in [0.1, 0.15) is 11.5 Å². The molecule has 0 saturated heterocycles. The highest BCUT2D eigenvalue weighted by molar-refractivity contribution is 7.89. The van der Waals surface area contributed by atoms with Crippen LogP contribution in [0.2, 0.25) is 0 Å². The Morgan fingerprint density at radius 3 is 2.44 bits per heavy atom. The first-order valence-electron chi connectivity index (χ1n) is 9.34. The van der Waals surface area contributed by atoms with Crippen LogP contribution in [0.5, 0.6) is 11.5 Å². The van der Waals surface area contributed by atoms with E-state index in [4.69, 9.17) is 14.6 Å². The summed E-state index contributed by atoms with van der Waals surface area (Å²) in [5.41, 5.74) is 2.49. The largest absolute Gasteiger partial charge is 0.493 e. The number of ether oxygens (including phenoxy) is 2. The average Bonchev–Trinajstić information content (AvgIpc) is 2.79. The molecule has 3 N–H and O–H groups in total. The minimum absolute atomic E-state index is 0.0644. The number of benzene rings is 3. The van der Waals surface area contributed by atoms with E-state index >= 15 is 0 Å². The normalized spacial score (nSPS) is 11.3. The van der Waals surface area contributed by atoms with Gasteiger partial charge in [-0.2, -0.15) is 5.10 Å². The van der Waals surface area contributed by atoms with Crippen molar-refractivity contribution in [2.24, 2.45) is 10.2 Å². The fourth-order valence-electron chi connectivity index (χ4n) is 2.70. The number of primary sulfonamides is 1. The number of rotatable bonds is 8. The lowest BCUT2D eigenvalue weighted by molar-refractivity contribution is -0.384.